The van der Waals surface area contributed by atoms with Crippen molar-refractivity contribution in [3.05, 3.63) is 71.3 Å². The van der Waals surface area contributed by atoms with E-state index < -0.39 is 17.6 Å². The minimum absolute atomic E-state index is 0.166. The van der Waals surface area contributed by atoms with Gasteiger partial charge in [-0.1, -0.05) is 6.92 Å². The summed E-state index contributed by atoms with van der Waals surface area (Å²) in [6.45, 7) is 4.26. The topological polar surface area (TPSA) is 71.9 Å². The molecule has 2 aromatic heterocycles. The van der Waals surface area contributed by atoms with Crippen LogP contribution in [0.2, 0.25) is 0 Å². The Kier molecular flexibility index (Phi) is 7.09. The maximum atomic E-state index is 14.3. The van der Waals surface area contributed by atoms with Gasteiger partial charge in [-0.15, -0.1) is 0 Å². The van der Waals surface area contributed by atoms with Gasteiger partial charge in [0.1, 0.15) is 11.6 Å². The molecule has 1 saturated heterocycles. The molecule has 1 amide bonds. The fourth-order valence-corrected chi connectivity index (χ4v) is 4.63. The molecule has 35 heavy (non-hydrogen) atoms. The average Bonchev–Trinajstić information content (AvgIpc) is 2.82. The third-order valence-corrected chi connectivity index (χ3v) is 6.39. The molecule has 4 rings (SSSR count). The average molecular weight is 488 g/mol. The molecule has 0 bridgehead atoms. The van der Waals surface area contributed by atoms with Gasteiger partial charge in [0.05, 0.1) is 11.1 Å². The summed E-state index contributed by atoms with van der Waals surface area (Å²) in [4.78, 5) is 31.8. The van der Waals surface area contributed by atoms with Crippen LogP contribution in [0, 0.1) is 18.7 Å². The van der Waals surface area contributed by atoms with Crippen molar-refractivity contribution in [1.29, 1.82) is 0 Å². The Hall–Kier alpha value is -3.43. The maximum Gasteiger partial charge on any atom is 0.419 e. The van der Waals surface area contributed by atoms with Crippen LogP contribution in [-0.2, 0) is 12.6 Å². The van der Waals surface area contributed by atoms with Crippen molar-refractivity contribution < 1.29 is 22.4 Å². The van der Waals surface area contributed by atoms with E-state index in [1.165, 1.54) is 24.5 Å². The largest absolute Gasteiger partial charge is 0.419 e. The van der Waals surface area contributed by atoms with Crippen LogP contribution >= 0.6 is 0 Å². The molecule has 2 atom stereocenters. The minimum Gasteiger partial charge on any atom is -0.335 e. The molecule has 0 unspecified atom stereocenters. The summed E-state index contributed by atoms with van der Waals surface area (Å²) in [6, 6.07) is 4.06. The highest BCUT2D eigenvalue weighted by Crippen LogP contribution is 2.32. The monoisotopic (exact) mass is 487 g/mol. The summed E-state index contributed by atoms with van der Waals surface area (Å²) in [5, 5.41) is 0. The number of piperidine rings is 1. The summed E-state index contributed by atoms with van der Waals surface area (Å²) < 4.78 is 52.7. The third kappa shape index (κ3) is 5.47. The first-order valence-electron chi connectivity index (χ1n) is 11.4. The molecule has 0 saturated carbocycles. The summed E-state index contributed by atoms with van der Waals surface area (Å²) in [7, 11) is 0. The number of carbonyl (C=O) groups excluding carboxylic acids is 1. The van der Waals surface area contributed by atoms with E-state index in [4.69, 9.17) is 0 Å². The number of alkyl halides is 3. The molecular weight excluding hydrogens is 462 g/mol. The molecule has 3 aromatic rings. The molecule has 184 valence electrons. The van der Waals surface area contributed by atoms with E-state index in [2.05, 4.69) is 26.9 Å². The minimum atomic E-state index is -4.49. The maximum absolute atomic E-state index is 14.3. The van der Waals surface area contributed by atoms with Gasteiger partial charge in [-0.2, -0.15) is 13.2 Å². The number of likely N-dealkylation sites (tertiary alicyclic amines) is 1. The number of hydrogen-bond acceptors (Lipinski definition) is 5. The molecular formula is C25H25F4N5O. The first-order chi connectivity index (χ1) is 16.6. The zero-order valence-electron chi connectivity index (χ0n) is 19.4. The number of nitrogens with zero attached hydrogens (tertiary/aromatic N) is 5. The Morgan fingerprint density at radius 1 is 1.11 bits per heavy atom. The van der Waals surface area contributed by atoms with Gasteiger partial charge in [-0.3, -0.25) is 4.79 Å². The number of halogens is 4. The molecule has 0 radical (unpaired) electrons. The third-order valence-electron chi connectivity index (χ3n) is 6.39. The number of rotatable bonds is 5. The summed E-state index contributed by atoms with van der Waals surface area (Å²) in [5.41, 5.74) is 0.269. The number of aromatic nitrogens is 4. The Labute approximate surface area is 200 Å². The lowest BCUT2D eigenvalue weighted by molar-refractivity contribution is -0.138. The predicted octanol–water partition coefficient (Wildman–Crippen LogP) is 5.27. The van der Waals surface area contributed by atoms with Crippen LogP contribution in [0.5, 0.6) is 0 Å². The van der Waals surface area contributed by atoms with E-state index >= 15 is 0 Å². The molecule has 1 fully saturated rings. The summed E-state index contributed by atoms with van der Waals surface area (Å²) in [5.74, 6) is -0.00333. The smallest absolute Gasteiger partial charge is 0.335 e. The van der Waals surface area contributed by atoms with Gasteiger partial charge in [0.2, 0.25) is 0 Å². The zero-order chi connectivity index (χ0) is 25.2. The van der Waals surface area contributed by atoms with Crippen LogP contribution in [0.1, 0.15) is 53.5 Å². The molecule has 1 aliphatic rings. The Bertz CT molecular complexity index is 1180. The standard InChI is InChI=1S/C25H25F4N5O/c1-15-5-3-10-34(20(15)6-7-21-32-13-17(14-33-21)25(27,28)29)24(35)22-16(2)11-18(26)12-19(22)23-30-8-4-9-31-23/h4,8-9,11-15,20H,3,5-7,10H2,1-2H3/t15-,20-/m1/s1. The van der Waals surface area contributed by atoms with E-state index in [0.29, 0.717) is 41.9 Å². The Morgan fingerprint density at radius 3 is 2.46 bits per heavy atom. The van der Waals surface area contributed by atoms with Crippen molar-refractivity contribution in [1.82, 2.24) is 24.8 Å². The van der Waals surface area contributed by atoms with E-state index in [-0.39, 0.29) is 23.7 Å². The highest BCUT2D eigenvalue weighted by Gasteiger charge is 2.35. The first kappa shape index (κ1) is 24.7. The van der Waals surface area contributed by atoms with Crippen LogP contribution in [0.3, 0.4) is 0 Å². The van der Waals surface area contributed by atoms with Gasteiger partial charge < -0.3 is 4.90 Å². The first-order valence-corrected chi connectivity index (χ1v) is 11.4. The van der Waals surface area contributed by atoms with E-state index in [9.17, 15) is 22.4 Å². The van der Waals surface area contributed by atoms with Crippen molar-refractivity contribution in [2.45, 2.75) is 51.7 Å². The Balaban J connectivity index is 1.60. The molecule has 1 aromatic carbocycles. The second-order valence-corrected chi connectivity index (χ2v) is 8.83. The van der Waals surface area contributed by atoms with Gasteiger partial charge in [-0.25, -0.2) is 24.3 Å². The van der Waals surface area contributed by atoms with E-state index in [1.807, 2.05) is 0 Å². The van der Waals surface area contributed by atoms with Crippen LogP contribution in [0.4, 0.5) is 17.6 Å². The summed E-state index contributed by atoms with van der Waals surface area (Å²) >= 11 is 0. The number of hydrogen-bond donors (Lipinski definition) is 0. The van der Waals surface area contributed by atoms with E-state index in [0.717, 1.165) is 25.2 Å². The second kappa shape index (κ2) is 10.1. The molecule has 6 nitrogen and oxygen atoms in total. The molecule has 10 heteroatoms. The SMILES string of the molecule is Cc1cc(F)cc(-c2ncccn2)c1C(=O)N1CCC[C@@H](C)[C@H]1CCc1ncc(C(F)(F)F)cn1. The van der Waals surface area contributed by atoms with Crippen LogP contribution in [0.15, 0.2) is 43.0 Å². The second-order valence-electron chi connectivity index (χ2n) is 8.83. The van der Waals surface area contributed by atoms with Crippen molar-refractivity contribution in [3.63, 3.8) is 0 Å². The Morgan fingerprint density at radius 2 is 1.80 bits per heavy atom. The molecule has 0 aliphatic carbocycles. The quantitative estimate of drug-likeness (QED) is 0.459. The van der Waals surface area contributed by atoms with Gasteiger partial charge in [-0.05, 0) is 55.9 Å². The van der Waals surface area contributed by atoms with Crippen LogP contribution in [-0.4, -0.2) is 43.3 Å². The van der Waals surface area contributed by atoms with Gasteiger partial charge in [0.15, 0.2) is 5.82 Å². The highest BCUT2D eigenvalue weighted by atomic mass is 19.4. The van der Waals surface area contributed by atoms with Gasteiger partial charge in [0, 0.05) is 49.4 Å². The lowest BCUT2D eigenvalue weighted by Gasteiger charge is -2.40. The van der Waals surface area contributed by atoms with Crippen LogP contribution in [0.25, 0.3) is 11.4 Å². The fraction of sp³-hybridized carbons (Fsp3) is 0.400. The van der Waals surface area contributed by atoms with Crippen molar-refractivity contribution >= 4 is 5.91 Å². The van der Waals surface area contributed by atoms with Gasteiger partial charge in [0.25, 0.3) is 5.91 Å². The number of carbonyl (C=O) groups is 1. The summed E-state index contributed by atoms with van der Waals surface area (Å²) in [6.07, 6.45) is 2.69. The fourth-order valence-electron chi connectivity index (χ4n) is 4.63. The zero-order valence-corrected chi connectivity index (χ0v) is 19.4. The predicted molar refractivity (Wildman–Crippen MR) is 121 cm³/mol. The number of amides is 1. The van der Waals surface area contributed by atoms with Crippen molar-refractivity contribution in [2.24, 2.45) is 5.92 Å². The number of aryl methyl sites for hydroxylation is 2. The normalized spacial score (nSPS) is 18.5. The molecule has 0 N–H and O–H groups in total. The molecule has 1 aliphatic heterocycles. The van der Waals surface area contributed by atoms with E-state index in [1.54, 1.807) is 17.9 Å². The highest BCUT2D eigenvalue weighted by molar-refractivity contribution is 6.01. The van der Waals surface area contributed by atoms with Crippen molar-refractivity contribution in [2.75, 3.05) is 6.54 Å². The molecule has 0 spiro atoms. The van der Waals surface area contributed by atoms with Crippen LogP contribution < -0.4 is 0 Å². The number of benzene rings is 1. The lowest BCUT2D eigenvalue weighted by Crippen LogP contribution is -2.48. The van der Waals surface area contributed by atoms with Gasteiger partial charge >= 0.3 is 6.18 Å². The van der Waals surface area contributed by atoms with Crippen molar-refractivity contribution in [3.8, 4) is 11.4 Å². The lowest BCUT2D eigenvalue weighted by atomic mass is 9.86. The molecule has 3 heterocycles.